The molecule has 9 heteroatoms. The number of carbonyl (C=O) groups excluding carboxylic acids is 1. The smallest absolute Gasteiger partial charge is 0.316 e. The molecule has 0 aromatic carbocycles. The number of rotatable bonds is 6. The van der Waals surface area contributed by atoms with Gasteiger partial charge in [-0.15, -0.1) is 16.4 Å². The molecule has 0 saturated heterocycles. The average molecular weight is 323 g/mol. The maximum Gasteiger partial charge on any atom is 0.343 e. The van der Waals surface area contributed by atoms with E-state index in [1.165, 1.54) is 27.7 Å². The molecule has 21 heavy (non-hydrogen) atoms. The third-order valence-corrected chi connectivity index (χ3v) is 4.35. The predicted molar refractivity (Wildman–Crippen MR) is 81.5 cm³/mol. The number of H-pyrrole nitrogens is 1. The van der Waals surface area contributed by atoms with E-state index in [1.807, 2.05) is 13.0 Å². The normalized spacial score (nSPS) is 10.3. The molecule has 0 atom stereocenters. The first-order valence-electron chi connectivity index (χ1n) is 6.21. The highest BCUT2D eigenvalue weighted by Crippen LogP contribution is 2.22. The van der Waals surface area contributed by atoms with E-state index in [4.69, 9.17) is 5.26 Å². The number of aromatic amines is 1. The number of hydrogen-bond acceptors (Lipinski definition) is 6. The Morgan fingerprint density at radius 1 is 1.67 bits per heavy atom. The topological polar surface area (TPSA) is 104 Å². The number of thiophene rings is 1. The van der Waals surface area contributed by atoms with Crippen molar-refractivity contribution >= 4 is 34.0 Å². The molecule has 110 valence electrons. The van der Waals surface area contributed by atoms with Gasteiger partial charge in [0.25, 0.3) is 0 Å². The molecule has 0 radical (unpaired) electrons. The molecule has 0 aliphatic rings. The summed E-state index contributed by atoms with van der Waals surface area (Å²) in [6, 6.07) is 3.66. The second-order valence-corrected chi connectivity index (χ2v) is 5.93. The molecule has 2 aromatic heterocycles. The van der Waals surface area contributed by atoms with Crippen LogP contribution in [0.3, 0.4) is 0 Å². The van der Waals surface area contributed by atoms with Gasteiger partial charge < -0.3 is 5.32 Å². The van der Waals surface area contributed by atoms with Gasteiger partial charge in [-0.1, -0.05) is 18.7 Å². The van der Waals surface area contributed by atoms with Crippen LogP contribution in [0.2, 0.25) is 0 Å². The van der Waals surface area contributed by atoms with Gasteiger partial charge >= 0.3 is 5.69 Å². The Bertz CT molecular complexity index is 725. The number of nitrogens with one attached hydrogen (secondary N) is 2. The van der Waals surface area contributed by atoms with E-state index in [0.29, 0.717) is 22.3 Å². The fourth-order valence-electron chi connectivity index (χ4n) is 1.62. The first kappa shape index (κ1) is 15.3. The van der Waals surface area contributed by atoms with Crippen LogP contribution in [0.15, 0.2) is 21.4 Å². The molecule has 0 unspecified atom stereocenters. The molecule has 2 heterocycles. The molecule has 0 spiro atoms. The Morgan fingerprint density at radius 3 is 3.19 bits per heavy atom. The fraction of sp³-hybridized carbons (Fsp3) is 0.333. The molecule has 0 aliphatic heterocycles. The number of nitrogens with zero attached hydrogens (tertiary/aromatic N) is 3. The summed E-state index contributed by atoms with van der Waals surface area (Å²) < 4.78 is 1.50. The zero-order chi connectivity index (χ0) is 15.2. The lowest BCUT2D eigenvalue weighted by atomic mass is 10.3. The van der Waals surface area contributed by atoms with Gasteiger partial charge in [0, 0.05) is 6.54 Å². The van der Waals surface area contributed by atoms with Crippen LogP contribution < -0.4 is 11.0 Å². The van der Waals surface area contributed by atoms with E-state index >= 15 is 0 Å². The minimum atomic E-state index is -0.273. The van der Waals surface area contributed by atoms with Crippen molar-refractivity contribution in [1.82, 2.24) is 14.8 Å². The van der Waals surface area contributed by atoms with Gasteiger partial charge in [-0.2, -0.15) is 5.26 Å². The predicted octanol–water partition coefficient (Wildman–Crippen LogP) is 1.65. The molecule has 0 aliphatic carbocycles. The summed E-state index contributed by atoms with van der Waals surface area (Å²) in [5, 5.41) is 20.6. The maximum atomic E-state index is 11.9. The number of aromatic nitrogens is 3. The average Bonchev–Trinajstić information content (AvgIpc) is 3.05. The minimum absolute atomic E-state index is 0.122. The lowest BCUT2D eigenvalue weighted by Crippen LogP contribution is -2.18. The van der Waals surface area contributed by atoms with Crippen molar-refractivity contribution in [2.24, 2.45) is 0 Å². The summed E-state index contributed by atoms with van der Waals surface area (Å²) in [5.41, 5.74) is 0.172. The number of anilines is 1. The van der Waals surface area contributed by atoms with Crippen LogP contribution in [-0.2, 0) is 11.3 Å². The molecule has 0 saturated carbocycles. The van der Waals surface area contributed by atoms with Crippen molar-refractivity contribution < 1.29 is 4.79 Å². The van der Waals surface area contributed by atoms with Gasteiger partial charge in [-0.3, -0.25) is 9.36 Å². The second kappa shape index (κ2) is 7.10. The number of carbonyl (C=O) groups is 1. The highest BCUT2D eigenvalue weighted by atomic mass is 32.2. The van der Waals surface area contributed by atoms with Crippen molar-refractivity contribution in [3.8, 4) is 6.07 Å². The standard InChI is InChI=1S/C12H13N5O2S2/c1-2-4-17-11(19)15-16-12(17)21-7-9(18)14-10-8(6-13)3-5-20-10/h3,5H,2,4,7H2,1H3,(H,14,18)(H,15,19). The van der Waals surface area contributed by atoms with Crippen molar-refractivity contribution in [2.45, 2.75) is 25.0 Å². The third kappa shape index (κ3) is 3.74. The van der Waals surface area contributed by atoms with Crippen molar-refractivity contribution in [2.75, 3.05) is 11.1 Å². The molecule has 2 N–H and O–H groups in total. The van der Waals surface area contributed by atoms with Crippen LogP contribution in [0.1, 0.15) is 18.9 Å². The number of thioether (sulfide) groups is 1. The summed E-state index contributed by atoms with van der Waals surface area (Å²) >= 11 is 2.48. The zero-order valence-corrected chi connectivity index (χ0v) is 12.9. The molecule has 2 rings (SSSR count). The molecule has 0 fully saturated rings. The summed E-state index contributed by atoms with van der Waals surface area (Å²) in [7, 11) is 0. The van der Waals surface area contributed by atoms with Crippen molar-refractivity contribution in [1.29, 1.82) is 5.26 Å². The van der Waals surface area contributed by atoms with E-state index in [-0.39, 0.29) is 17.3 Å². The summed E-state index contributed by atoms with van der Waals surface area (Å²) in [6.07, 6.45) is 0.805. The van der Waals surface area contributed by atoms with Crippen LogP contribution in [-0.4, -0.2) is 26.4 Å². The third-order valence-electron chi connectivity index (χ3n) is 2.54. The molecule has 0 bridgehead atoms. The fourth-order valence-corrected chi connectivity index (χ4v) is 3.15. The van der Waals surface area contributed by atoms with Crippen LogP contribution >= 0.6 is 23.1 Å². The lowest BCUT2D eigenvalue weighted by molar-refractivity contribution is -0.113. The van der Waals surface area contributed by atoms with E-state index in [1.54, 1.807) is 11.4 Å². The SMILES string of the molecule is CCCn1c(SCC(=O)Nc2sccc2C#N)n[nH]c1=O. The monoisotopic (exact) mass is 323 g/mol. The molecule has 2 aromatic rings. The van der Waals surface area contributed by atoms with Gasteiger partial charge in [0.1, 0.15) is 11.1 Å². The lowest BCUT2D eigenvalue weighted by Gasteiger charge is -2.04. The van der Waals surface area contributed by atoms with Crippen LogP contribution in [0.5, 0.6) is 0 Å². The first-order valence-corrected chi connectivity index (χ1v) is 8.07. The van der Waals surface area contributed by atoms with E-state index in [9.17, 15) is 9.59 Å². The second-order valence-electron chi connectivity index (χ2n) is 4.08. The zero-order valence-electron chi connectivity index (χ0n) is 11.3. The number of hydrogen-bond donors (Lipinski definition) is 2. The maximum absolute atomic E-state index is 11.9. The Hall–Kier alpha value is -2.05. The molecule has 1 amide bonds. The highest BCUT2D eigenvalue weighted by Gasteiger charge is 2.12. The van der Waals surface area contributed by atoms with E-state index in [2.05, 4.69) is 15.5 Å². The van der Waals surface area contributed by atoms with Gasteiger partial charge in [0.05, 0.1) is 11.3 Å². The summed E-state index contributed by atoms with van der Waals surface area (Å²) in [6.45, 7) is 2.52. The van der Waals surface area contributed by atoms with Gasteiger partial charge in [-0.25, -0.2) is 9.89 Å². The van der Waals surface area contributed by atoms with E-state index < -0.39 is 0 Å². The highest BCUT2D eigenvalue weighted by molar-refractivity contribution is 7.99. The van der Waals surface area contributed by atoms with Crippen molar-refractivity contribution in [3.63, 3.8) is 0 Å². The van der Waals surface area contributed by atoms with Gasteiger partial charge in [0.15, 0.2) is 5.16 Å². The molecular formula is C12H13N5O2S2. The van der Waals surface area contributed by atoms with Gasteiger partial charge in [-0.05, 0) is 17.9 Å². The summed E-state index contributed by atoms with van der Waals surface area (Å²) in [5.74, 6) is -0.117. The Labute approximate surface area is 129 Å². The minimum Gasteiger partial charge on any atom is -0.316 e. The quantitative estimate of drug-likeness (QED) is 0.787. The van der Waals surface area contributed by atoms with Gasteiger partial charge in [0.2, 0.25) is 5.91 Å². The van der Waals surface area contributed by atoms with Crippen LogP contribution in [0.4, 0.5) is 5.00 Å². The van der Waals surface area contributed by atoms with Crippen LogP contribution in [0.25, 0.3) is 0 Å². The molecular weight excluding hydrogens is 310 g/mol. The summed E-state index contributed by atoms with van der Waals surface area (Å²) in [4.78, 5) is 23.4. The van der Waals surface area contributed by atoms with Crippen molar-refractivity contribution in [3.05, 3.63) is 27.5 Å². The van der Waals surface area contributed by atoms with E-state index in [0.717, 1.165) is 6.42 Å². The van der Waals surface area contributed by atoms with Crippen LogP contribution in [0, 0.1) is 11.3 Å². The Balaban J connectivity index is 1.96. The first-order chi connectivity index (χ1) is 10.2. The Kier molecular flexibility index (Phi) is 5.19. The number of nitriles is 1. The number of amides is 1. The Morgan fingerprint density at radius 2 is 2.48 bits per heavy atom. The molecule has 7 nitrogen and oxygen atoms in total. The largest absolute Gasteiger partial charge is 0.343 e.